The minimum Gasteiger partial charge on any atom is -0.388 e. The molecular weight excluding hydrogens is 299 g/mol. The van der Waals surface area contributed by atoms with E-state index in [0.717, 1.165) is 6.42 Å². The summed E-state index contributed by atoms with van der Waals surface area (Å²) in [5.74, 6) is -0.709. The molecule has 0 saturated carbocycles. The van der Waals surface area contributed by atoms with Crippen molar-refractivity contribution in [3.63, 3.8) is 0 Å². The third kappa shape index (κ3) is 4.13. The zero-order chi connectivity index (χ0) is 17.0. The van der Waals surface area contributed by atoms with Gasteiger partial charge in [0.05, 0.1) is 17.5 Å². The second kappa shape index (κ2) is 6.87. The molecule has 2 rings (SSSR count). The number of nitrogens with one attached hydrogen (secondary N) is 1. The number of carbonyl (C=O) groups is 1. The molecule has 0 saturated heterocycles. The molecule has 2 atom stereocenters. The maximum absolute atomic E-state index is 12.9. The smallest absolute Gasteiger partial charge is 0.273 e. The van der Waals surface area contributed by atoms with Crippen LogP contribution >= 0.6 is 0 Å². The van der Waals surface area contributed by atoms with E-state index in [-0.39, 0.29) is 24.0 Å². The van der Waals surface area contributed by atoms with Gasteiger partial charge in [0.2, 0.25) is 0 Å². The van der Waals surface area contributed by atoms with Gasteiger partial charge in [-0.3, -0.25) is 4.79 Å². The van der Waals surface area contributed by atoms with Gasteiger partial charge in [0.25, 0.3) is 5.91 Å². The molecule has 6 nitrogen and oxygen atoms in total. The molecule has 7 heteroatoms. The van der Waals surface area contributed by atoms with Gasteiger partial charge in [-0.25, -0.2) is 9.07 Å². The fourth-order valence-electron chi connectivity index (χ4n) is 2.05. The van der Waals surface area contributed by atoms with Gasteiger partial charge in [0.15, 0.2) is 5.69 Å². The normalized spacial score (nSPS) is 15.0. The van der Waals surface area contributed by atoms with Crippen LogP contribution in [0.25, 0.3) is 5.69 Å². The van der Waals surface area contributed by atoms with Crippen molar-refractivity contribution in [1.29, 1.82) is 0 Å². The quantitative estimate of drug-likeness (QED) is 0.852. The van der Waals surface area contributed by atoms with Crippen LogP contribution in [-0.2, 0) is 0 Å². The van der Waals surface area contributed by atoms with Crippen molar-refractivity contribution in [2.45, 2.75) is 32.8 Å². The van der Waals surface area contributed by atoms with Crippen LogP contribution in [0.1, 0.15) is 37.7 Å². The highest BCUT2D eigenvalue weighted by Crippen LogP contribution is 2.19. The zero-order valence-corrected chi connectivity index (χ0v) is 13.5. The summed E-state index contributed by atoms with van der Waals surface area (Å²) >= 11 is 0. The summed E-state index contributed by atoms with van der Waals surface area (Å²) in [6, 6.07) is 5.69. The van der Waals surface area contributed by atoms with Crippen LogP contribution in [0.2, 0.25) is 0 Å². The Balaban J connectivity index is 2.03. The van der Waals surface area contributed by atoms with E-state index in [2.05, 4.69) is 15.6 Å². The third-order valence-corrected chi connectivity index (χ3v) is 4.10. The SMILES string of the molecule is CCC(C)C(C)(O)CNC(=O)c1cn(-c2ccc(F)cc2)nn1. The molecule has 2 N–H and O–H groups in total. The van der Waals surface area contributed by atoms with Gasteiger partial charge >= 0.3 is 0 Å². The lowest BCUT2D eigenvalue weighted by atomic mass is 9.88. The van der Waals surface area contributed by atoms with Crippen molar-refractivity contribution >= 4 is 5.91 Å². The van der Waals surface area contributed by atoms with E-state index in [9.17, 15) is 14.3 Å². The van der Waals surface area contributed by atoms with Gasteiger partial charge in [-0.1, -0.05) is 25.5 Å². The molecule has 0 aliphatic heterocycles. The molecule has 1 amide bonds. The molecule has 0 bridgehead atoms. The zero-order valence-electron chi connectivity index (χ0n) is 13.5. The molecule has 0 aliphatic carbocycles. The van der Waals surface area contributed by atoms with Crippen molar-refractivity contribution in [2.24, 2.45) is 5.92 Å². The highest BCUT2D eigenvalue weighted by Gasteiger charge is 2.28. The number of aliphatic hydroxyl groups is 1. The third-order valence-electron chi connectivity index (χ3n) is 4.10. The second-order valence-corrected chi connectivity index (χ2v) is 5.87. The molecule has 2 aromatic rings. The lowest BCUT2D eigenvalue weighted by molar-refractivity contribution is 0.00588. The molecule has 1 aromatic carbocycles. The minimum absolute atomic E-state index is 0.0534. The monoisotopic (exact) mass is 320 g/mol. The Kier molecular flexibility index (Phi) is 5.10. The Bertz CT molecular complexity index is 667. The van der Waals surface area contributed by atoms with Crippen LogP contribution in [0.3, 0.4) is 0 Å². The molecule has 0 spiro atoms. The van der Waals surface area contributed by atoms with E-state index in [1.807, 2.05) is 13.8 Å². The molecule has 124 valence electrons. The summed E-state index contributed by atoms with van der Waals surface area (Å²) in [5, 5.41) is 20.6. The van der Waals surface area contributed by atoms with Gasteiger partial charge in [0, 0.05) is 6.54 Å². The number of hydrogen-bond donors (Lipinski definition) is 2. The molecule has 23 heavy (non-hydrogen) atoms. The Hall–Kier alpha value is -2.28. The maximum Gasteiger partial charge on any atom is 0.273 e. The Morgan fingerprint density at radius 1 is 1.43 bits per heavy atom. The van der Waals surface area contributed by atoms with Crippen molar-refractivity contribution in [3.05, 3.63) is 42.0 Å². The van der Waals surface area contributed by atoms with Crippen molar-refractivity contribution in [1.82, 2.24) is 20.3 Å². The summed E-state index contributed by atoms with van der Waals surface area (Å²) in [6.07, 6.45) is 2.27. The summed E-state index contributed by atoms with van der Waals surface area (Å²) in [5.41, 5.74) is -0.254. The molecule has 2 unspecified atom stereocenters. The predicted octanol–water partition coefficient (Wildman–Crippen LogP) is 1.93. The molecule has 1 heterocycles. The van der Waals surface area contributed by atoms with Gasteiger partial charge in [-0.2, -0.15) is 0 Å². The number of carbonyl (C=O) groups excluding carboxylic acids is 1. The van der Waals surface area contributed by atoms with Gasteiger partial charge in [0.1, 0.15) is 5.82 Å². The summed E-state index contributed by atoms with van der Waals surface area (Å²) < 4.78 is 14.3. The Labute approximate surface area is 134 Å². The van der Waals surface area contributed by atoms with Crippen LogP contribution in [0.15, 0.2) is 30.5 Å². The number of nitrogens with zero attached hydrogens (tertiary/aromatic N) is 3. The highest BCUT2D eigenvalue weighted by atomic mass is 19.1. The topological polar surface area (TPSA) is 80.0 Å². The average molecular weight is 320 g/mol. The van der Waals surface area contributed by atoms with E-state index >= 15 is 0 Å². The van der Waals surface area contributed by atoms with E-state index in [1.54, 1.807) is 19.1 Å². The standard InChI is InChI=1S/C16H21FN4O2/c1-4-11(2)16(3,23)10-18-15(22)14-9-21(20-19-14)13-7-5-12(17)6-8-13/h5-9,11,23H,4,10H2,1-3H3,(H,18,22). The van der Waals surface area contributed by atoms with Crippen molar-refractivity contribution < 1.29 is 14.3 Å². The molecule has 0 radical (unpaired) electrons. The first kappa shape index (κ1) is 17.1. The summed E-state index contributed by atoms with van der Waals surface area (Å²) in [4.78, 5) is 12.1. The molecule has 0 aliphatic rings. The van der Waals surface area contributed by atoms with Crippen LogP contribution in [0.5, 0.6) is 0 Å². The van der Waals surface area contributed by atoms with E-state index in [1.165, 1.54) is 23.0 Å². The lowest BCUT2D eigenvalue weighted by Crippen LogP contribution is -2.45. The predicted molar refractivity (Wildman–Crippen MR) is 83.7 cm³/mol. The Morgan fingerprint density at radius 3 is 2.70 bits per heavy atom. The first-order valence-corrected chi connectivity index (χ1v) is 7.52. The minimum atomic E-state index is -0.989. The Morgan fingerprint density at radius 2 is 2.09 bits per heavy atom. The van der Waals surface area contributed by atoms with Gasteiger partial charge in [-0.15, -0.1) is 5.10 Å². The van der Waals surface area contributed by atoms with E-state index in [4.69, 9.17) is 0 Å². The van der Waals surface area contributed by atoms with Crippen molar-refractivity contribution in [3.8, 4) is 5.69 Å². The van der Waals surface area contributed by atoms with E-state index < -0.39 is 11.5 Å². The average Bonchev–Trinajstić information content (AvgIpc) is 3.02. The summed E-state index contributed by atoms with van der Waals surface area (Å²) in [6.45, 7) is 5.73. The maximum atomic E-state index is 12.9. The second-order valence-electron chi connectivity index (χ2n) is 5.87. The summed E-state index contributed by atoms with van der Waals surface area (Å²) in [7, 11) is 0. The fourth-order valence-corrected chi connectivity index (χ4v) is 2.05. The molecular formula is C16H21FN4O2. The first-order chi connectivity index (χ1) is 10.8. The fraction of sp³-hybridized carbons (Fsp3) is 0.438. The number of aromatic nitrogens is 3. The van der Waals surface area contributed by atoms with Gasteiger partial charge in [-0.05, 0) is 37.1 Å². The van der Waals surface area contributed by atoms with Crippen LogP contribution in [0.4, 0.5) is 4.39 Å². The van der Waals surface area contributed by atoms with Crippen LogP contribution in [0, 0.1) is 11.7 Å². The van der Waals surface area contributed by atoms with Crippen molar-refractivity contribution in [2.75, 3.05) is 6.54 Å². The van der Waals surface area contributed by atoms with Crippen LogP contribution < -0.4 is 5.32 Å². The number of hydrogen-bond acceptors (Lipinski definition) is 4. The first-order valence-electron chi connectivity index (χ1n) is 7.52. The largest absolute Gasteiger partial charge is 0.388 e. The molecule has 1 aromatic heterocycles. The van der Waals surface area contributed by atoms with E-state index in [0.29, 0.717) is 5.69 Å². The number of benzene rings is 1. The number of amides is 1. The highest BCUT2D eigenvalue weighted by molar-refractivity contribution is 5.91. The van der Waals surface area contributed by atoms with Gasteiger partial charge < -0.3 is 10.4 Å². The number of halogens is 1. The number of rotatable bonds is 6. The molecule has 0 fully saturated rings. The van der Waals surface area contributed by atoms with Crippen LogP contribution in [-0.4, -0.2) is 38.2 Å². The lowest BCUT2D eigenvalue weighted by Gasteiger charge is -2.29.